The third kappa shape index (κ3) is 4.87. The van der Waals surface area contributed by atoms with E-state index in [2.05, 4.69) is 53.3 Å². The second-order valence-electron chi connectivity index (χ2n) is 5.03. The minimum absolute atomic E-state index is 0.856. The lowest BCUT2D eigenvalue weighted by atomic mass is 10.1. The summed E-state index contributed by atoms with van der Waals surface area (Å²) in [5.41, 5.74) is 2.53. The van der Waals surface area contributed by atoms with E-state index >= 15 is 0 Å². The van der Waals surface area contributed by atoms with Gasteiger partial charge in [-0.05, 0) is 54.8 Å². The summed E-state index contributed by atoms with van der Waals surface area (Å²) in [7, 11) is 0. The van der Waals surface area contributed by atoms with Crippen LogP contribution in [0.5, 0.6) is 11.5 Å². The number of aryl methyl sites for hydroxylation is 1. The van der Waals surface area contributed by atoms with E-state index in [0.717, 1.165) is 41.9 Å². The molecule has 0 aromatic heterocycles. The first-order valence-corrected chi connectivity index (χ1v) is 8.28. The Morgan fingerprint density at radius 3 is 2.57 bits per heavy atom. The lowest BCUT2D eigenvalue weighted by molar-refractivity contribution is 0.481. The van der Waals surface area contributed by atoms with E-state index in [-0.39, 0.29) is 0 Å². The fraction of sp³-hybridized carbons (Fsp3) is 0.333. The summed E-state index contributed by atoms with van der Waals surface area (Å²) in [6.45, 7) is 6.23. The monoisotopic (exact) mass is 347 g/mol. The average Bonchev–Trinajstić information content (AvgIpc) is 2.50. The lowest BCUT2D eigenvalue weighted by Crippen LogP contribution is -2.14. The molecular weight excluding hydrogens is 326 g/mol. The van der Waals surface area contributed by atoms with Crippen molar-refractivity contribution in [3.05, 3.63) is 58.1 Å². The van der Waals surface area contributed by atoms with Gasteiger partial charge in [0.2, 0.25) is 0 Å². The number of hydrogen-bond donors (Lipinski definition) is 1. The molecule has 2 rings (SSSR count). The summed E-state index contributed by atoms with van der Waals surface area (Å²) >= 11 is 3.62. The molecule has 2 aromatic carbocycles. The molecule has 0 bridgehead atoms. The molecule has 2 aromatic rings. The number of hydrogen-bond acceptors (Lipinski definition) is 2. The first-order valence-electron chi connectivity index (χ1n) is 7.49. The molecule has 0 aliphatic rings. The Bertz CT molecular complexity index is 583. The fourth-order valence-electron chi connectivity index (χ4n) is 2.10. The second-order valence-corrected chi connectivity index (χ2v) is 5.89. The van der Waals surface area contributed by atoms with Crippen LogP contribution in [-0.4, -0.2) is 6.54 Å². The highest BCUT2D eigenvalue weighted by atomic mass is 79.9. The fourth-order valence-corrected chi connectivity index (χ4v) is 2.60. The van der Waals surface area contributed by atoms with Gasteiger partial charge >= 0.3 is 0 Å². The van der Waals surface area contributed by atoms with Crippen molar-refractivity contribution in [3.63, 3.8) is 0 Å². The van der Waals surface area contributed by atoms with Crippen LogP contribution in [0.4, 0.5) is 0 Å². The van der Waals surface area contributed by atoms with Gasteiger partial charge in [0.15, 0.2) is 0 Å². The number of ether oxygens (including phenoxy) is 1. The van der Waals surface area contributed by atoms with Crippen LogP contribution in [0.25, 0.3) is 0 Å². The van der Waals surface area contributed by atoms with Crippen molar-refractivity contribution in [2.75, 3.05) is 6.54 Å². The Kier molecular flexibility index (Phi) is 6.27. The topological polar surface area (TPSA) is 21.3 Å². The van der Waals surface area contributed by atoms with E-state index in [4.69, 9.17) is 4.74 Å². The first-order chi connectivity index (χ1) is 10.2. The molecule has 0 saturated carbocycles. The van der Waals surface area contributed by atoms with Crippen molar-refractivity contribution in [1.29, 1.82) is 0 Å². The standard InChI is InChI=1S/C18H22BrNO/c1-3-10-20-13-15-8-9-17(12-18(15)19)21-16-7-5-6-14(4-2)11-16/h5-9,11-12,20H,3-4,10,13H2,1-2H3. The zero-order valence-electron chi connectivity index (χ0n) is 12.7. The highest BCUT2D eigenvalue weighted by molar-refractivity contribution is 9.10. The quantitative estimate of drug-likeness (QED) is 0.685. The van der Waals surface area contributed by atoms with Gasteiger partial charge in [0.05, 0.1) is 0 Å². The summed E-state index contributed by atoms with van der Waals surface area (Å²) in [5, 5.41) is 3.41. The molecule has 3 heteroatoms. The first kappa shape index (κ1) is 16.1. The maximum atomic E-state index is 5.93. The van der Waals surface area contributed by atoms with Gasteiger partial charge in [0, 0.05) is 11.0 Å². The van der Waals surface area contributed by atoms with E-state index in [0.29, 0.717) is 0 Å². The Balaban J connectivity index is 2.05. The van der Waals surface area contributed by atoms with Gasteiger partial charge in [-0.2, -0.15) is 0 Å². The number of nitrogens with one attached hydrogen (secondary N) is 1. The Labute approximate surface area is 135 Å². The Hall–Kier alpha value is -1.32. The van der Waals surface area contributed by atoms with E-state index in [9.17, 15) is 0 Å². The molecule has 0 radical (unpaired) electrons. The molecule has 0 aliphatic heterocycles. The van der Waals surface area contributed by atoms with Crippen molar-refractivity contribution in [2.45, 2.75) is 33.2 Å². The smallest absolute Gasteiger partial charge is 0.128 e. The van der Waals surface area contributed by atoms with E-state index in [1.165, 1.54) is 11.1 Å². The van der Waals surface area contributed by atoms with Gasteiger partial charge < -0.3 is 10.1 Å². The third-order valence-electron chi connectivity index (χ3n) is 3.31. The van der Waals surface area contributed by atoms with Crippen molar-refractivity contribution in [1.82, 2.24) is 5.32 Å². The lowest BCUT2D eigenvalue weighted by Gasteiger charge is -2.10. The summed E-state index contributed by atoms with van der Waals surface area (Å²) < 4.78 is 7.01. The molecule has 0 fully saturated rings. The molecule has 0 spiro atoms. The predicted octanol–water partition coefficient (Wildman–Crippen LogP) is 5.30. The van der Waals surface area contributed by atoms with Gasteiger partial charge in [-0.3, -0.25) is 0 Å². The average molecular weight is 348 g/mol. The van der Waals surface area contributed by atoms with Crippen LogP contribution >= 0.6 is 15.9 Å². The highest BCUT2D eigenvalue weighted by Gasteiger charge is 2.04. The SMILES string of the molecule is CCCNCc1ccc(Oc2cccc(CC)c2)cc1Br. The largest absolute Gasteiger partial charge is 0.457 e. The molecule has 0 heterocycles. The van der Waals surface area contributed by atoms with Crippen LogP contribution in [0.2, 0.25) is 0 Å². The molecule has 0 saturated heterocycles. The molecule has 0 unspecified atom stereocenters. The van der Waals surface area contributed by atoms with Gasteiger partial charge in [-0.15, -0.1) is 0 Å². The maximum Gasteiger partial charge on any atom is 0.128 e. The molecule has 21 heavy (non-hydrogen) atoms. The number of benzene rings is 2. The predicted molar refractivity (Wildman–Crippen MR) is 92.0 cm³/mol. The van der Waals surface area contributed by atoms with Crippen LogP contribution in [0.15, 0.2) is 46.9 Å². The molecule has 0 amide bonds. The molecule has 2 nitrogen and oxygen atoms in total. The summed E-state index contributed by atoms with van der Waals surface area (Å²) in [4.78, 5) is 0. The number of halogens is 1. The van der Waals surface area contributed by atoms with Gasteiger partial charge in [-0.25, -0.2) is 0 Å². The van der Waals surface area contributed by atoms with E-state index < -0.39 is 0 Å². The van der Waals surface area contributed by atoms with Crippen molar-refractivity contribution < 1.29 is 4.74 Å². The summed E-state index contributed by atoms with van der Waals surface area (Å²) in [6.07, 6.45) is 2.16. The van der Waals surface area contributed by atoms with Crippen LogP contribution in [0.1, 0.15) is 31.4 Å². The molecule has 1 N–H and O–H groups in total. The second kappa shape index (κ2) is 8.20. The van der Waals surface area contributed by atoms with Gasteiger partial charge in [0.1, 0.15) is 11.5 Å². The van der Waals surface area contributed by atoms with E-state index in [1.807, 2.05) is 24.3 Å². The van der Waals surface area contributed by atoms with Crippen molar-refractivity contribution in [2.24, 2.45) is 0 Å². The maximum absolute atomic E-state index is 5.93. The van der Waals surface area contributed by atoms with E-state index in [1.54, 1.807) is 0 Å². The Morgan fingerprint density at radius 2 is 1.86 bits per heavy atom. The van der Waals surface area contributed by atoms with Gasteiger partial charge in [-0.1, -0.05) is 48.0 Å². The molecular formula is C18H22BrNO. The minimum Gasteiger partial charge on any atom is -0.457 e. The number of rotatable bonds is 7. The van der Waals surface area contributed by atoms with Crippen LogP contribution < -0.4 is 10.1 Å². The van der Waals surface area contributed by atoms with Crippen LogP contribution in [0.3, 0.4) is 0 Å². The highest BCUT2D eigenvalue weighted by Crippen LogP contribution is 2.27. The third-order valence-corrected chi connectivity index (χ3v) is 4.05. The Morgan fingerprint density at radius 1 is 1.05 bits per heavy atom. The summed E-state index contributed by atoms with van der Waals surface area (Å²) in [6, 6.07) is 14.4. The summed E-state index contributed by atoms with van der Waals surface area (Å²) in [5.74, 6) is 1.74. The molecule has 112 valence electrons. The molecule has 0 atom stereocenters. The van der Waals surface area contributed by atoms with Crippen molar-refractivity contribution in [3.8, 4) is 11.5 Å². The van der Waals surface area contributed by atoms with Crippen LogP contribution in [-0.2, 0) is 13.0 Å². The van der Waals surface area contributed by atoms with Crippen molar-refractivity contribution >= 4 is 15.9 Å². The van der Waals surface area contributed by atoms with Crippen LogP contribution in [0, 0.1) is 0 Å². The molecule has 0 aliphatic carbocycles. The minimum atomic E-state index is 0.856. The van der Waals surface area contributed by atoms with Gasteiger partial charge in [0.25, 0.3) is 0 Å². The normalized spacial score (nSPS) is 10.6. The zero-order chi connectivity index (χ0) is 15.1. The zero-order valence-corrected chi connectivity index (χ0v) is 14.2.